The molecule has 2 saturated heterocycles. The first-order chi connectivity index (χ1) is 25.9. The highest BCUT2D eigenvalue weighted by molar-refractivity contribution is 5.98. The van der Waals surface area contributed by atoms with Crippen LogP contribution in [-0.4, -0.2) is 117 Å². The molecule has 6 rings (SSSR count). The number of carbonyl (C=O) groups is 2. The van der Waals surface area contributed by atoms with Gasteiger partial charge in [-0.05, 0) is 55.1 Å². The summed E-state index contributed by atoms with van der Waals surface area (Å²) in [5.41, 5.74) is 3.53. The van der Waals surface area contributed by atoms with Crippen LogP contribution >= 0.6 is 0 Å². The number of methoxy groups -OCH3 is 1. The SMILES string of the molecule is COc1ccc(CC(=O)c2ccc(CN3CCN(C)CC3)c(C(F)(F)F)c2)cc1CC(=O)N(C)c1cc(Cc2ccc(N3CCN(C)CC3)cc2)ncn1. The highest BCUT2D eigenvalue weighted by atomic mass is 19.4. The fraction of sp³-hybridized carbons (Fsp3) is 0.415. The van der Waals surface area contributed by atoms with Gasteiger partial charge in [-0.15, -0.1) is 0 Å². The van der Waals surface area contributed by atoms with Gasteiger partial charge >= 0.3 is 6.18 Å². The van der Waals surface area contributed by atoms with E-state index in [1.165, 1.54) is 36.2 Å². The van der Waals surface area contributed by atoms with Gasteiger partial charge in [0.05, 0.1) is 24.8 Å². The Morgan fingerprint density at radius 2 is 1.44 bits per heavy atom. The number of halogens is 3. The summed E-state index contributed by atoms with van der Waals surface area (Å²) >= 11 is 0. The number of hydrogen-bond donors (Lipinski definition) is 0. The van der Waals surface area contributed by atoms with Gasteiger partial charge in [0.2, 0.25) is 5.91 Å². The van der Waals surface area contributed by atoms with Crippen molar-refractivity contribution in [2.24, 2.45) is 0 Å². The Hall–Kier alpha value is -4.85. The summed E-state index contributed by atoms with van der Waals surface area (Å²) in [6, 6.07) is 19.2. The van der Waals surface area contributed by atoms with Crippen molar-refractivity contribution < 1.29 is 27.5 Å². The quantitative estimate of drug-likeness (QED) is 0.181. The second kappa shape index (κ2) is 17.1. The molecular weight excluding hydrogens is 695 g/mol. The maximum absolute atomic E-state index is 14.2. The predicted octanol–water partition coefficient (Wildman–Crippen LogP) is 5.22. The number of alkyl halides is 3. The van der Waals surface area contributed by atoms with Crippen molar-refractivity contribution in [1.82, 2.24) is 24.7 Å². The molecule has 0 unspecified atom stereocenters. The smallest absolute Gasteiger partial charge is 0.416 e. The van der Waals surface area contributed by atoms with E-state index in [1.54, 1.807) is 31.3 Å². The maximum atomic E-state index is 14.2. The van der Waals surface area contributed by atoms with Crippen LogP contribution in [0.1, 0.15) is 43.9 Å². The van der Waals surface area contributed by atoms with Crippen molar-refractivity contribution in [3.8, 4) is 5.75 Å². The van der Waals surface area contributed by atoms with Crippen molar-refractivity contribution in [3.05, 3.63) is 112 Å². The summed E-state index contributed by atoms with van der Waals surface area (Å²) in [6.45, 7) is 7.18. The molecule has 0 radical (unpaired) electrons. The van der Waals surface area contributed by atoms with E-state index in [9.17, 15) is 22.8 Å². The van der Waals surface area contributed by atoms with Crippen LogP contribution in [0.3, 0.4) is 0 Å². The summed E-state index contributed by atoms with van der Waals surface area (Å²) < 4.78 is 48.1. The highest BCUT2D eigenvalue weighted by Crippen LogP contribution is 2.34. The Bertz CT molecular complexity index is 1920. The molecule has 10 nitrogen and oxygen atoms in total. The van der Waals surface area contributed by atoms with Gasteiger partial charge in [0.1, 0.15) is 17.9 Å². The molecule has 0 saturated carbocycles. The van der Waals surface area contributed by atoms with E-state index >= 15 is 0 Å². The first-order valence-corrected chi connectivity index (χ1v) is 18.3. The standard InChI is InChI=1S/C41H48F3N7O3/c1-47-13-17-50(18-14-47)27-32-9-8-31(24-36(32)41(42,43)44)37(52)23-30-7-12-38(54-4)33(21-30)25-40(53)49(3)39-26-34(45-28-46-39)22-29-5-10-35(11-6-29)51-19-15-48(2)16-20-51/h5-12,21,24,26,28H,13-20,22-23,25,27H2,1-4H3. The van der Waals surface area contributed by atoms with Gasteiger partial charge < -0.3 is 19.4 Å². The Labute approximate surface area is 315 Å². The number of piperazine rings is 2. The Balaban J connectivity index is 1.10. The zero-order chi connectivity index (χ0) is 38.4. The zero-order valence-electron chi connectivity index (χ0n) is 31.4. The number of carbonyl (C=O) groups excluding carboxylic acids is 2. The monoisotopic (exact) mass is 743 g/mol. The van der Waals surface area contributed by atoms with E-state index in [0.29, 0.717) is 42.2 Å². The molecule has 0 bridgehead atoms. The molecule has 0 N–H and O–H groups in total. The van der Waals surface area contributed by atoms with E-state index in [-0.39, 0.29) is 36.4 Å². The average molecular weight is 744 g/mol. The van der Waals surface area contributed by atoms with Crippen molar-refractivity contribution in [2.45, 2.75) is 32.0 Å². The van der Waals surface area contributed by atoms with Crippen LogP contribution in [0.15, 0.2) is 73.1 Å². The van der Waals surface area contributed by atoms with Crippen molar-refractivity contribution in [1.29, 1.82) is 0 Å². The molecule has 1 aromatic heterocycles. The van der Waals surface area contributed by atoms with E-state index in [2.05, 4.69) is 56.0 Å². The van der Waals surface area contributed by atoms with Crippen LogP contribution in [-0.2, 0) is 36.8 Å². The minimum atomic E-state index is -4.60. The largest absolute Gasteiger partial charge is 0.496 e. The van der Waals surface area contributed by atoms with Crippen LogP contribution in [0, 0.1) is 0 Å². The van der Waals surface area contributed by atoms with Gasteiger partial charge in [-0.25, -0.2) is 9.97 Å². The lowest BCUT2D eigenvalue weighted by atomic mass is 9.96. The minimum Gasteiger partial charge on any atom is -0.496 e. The topological polar surface area (TPSA) is 85.4 Å². The Kier molecular flexibility index (Phi) is 12.3. The Morgan fingerprint density at radius 1 is 0.778 bits per heavy atom. The van der Waals surface area contributed by atoms with Gasteiger partial charge in [-0.3, -0.25) is 19.4 Å². The summed E-state index contributed by atoms with van der Waals surface area (Å²) in [7, 11) is 7.27. The molecule has 2 aliphatic rings. The number of benzene rings is 3. The van der Waals surface area contributed by atoms with Crippen molar-refractivity contribution in [2.75, 3.05) is 90.4 Å². The normalized spacial score (nSPS) is 16.0. The van der Waals surface area contributed by atoms with Gasteiger partial charge in [0.25, 0.3) is 0 Å². The van der Waals surface area contributed by atoms with Crippen LogP contribution in [0.5, 0.6) is 5.75 Å². The van der Waals surface area contributed by atoms with Gasteiger partial charge in [-0.1, -0.05) is 36.4 Å². The molecule has 2 aliphatic heterocycles. The fourth-order valence-corrected chi connectivity index (χ4v) is 6.94. The predicted molar refractivity (Wildman–Crippen MR) is 203 cm³/mol. The Morgan fingerprint density at radius 3 is 2.11 bits per heavy atom. The minimum absolute atomic E-state index is 0.0110. The number of rotatable bonds is 12. The third-order valence-electron chi connectivity index (χ3n) is 10.4. The lowest BCUT2D eigenvalue weighted by Gasteiger charge is -2.34. The molecule has 1 amide bonds. The molecule has 13 heteroatoms. The molecule has 286 valence electrons. The van der Waals surface area contributed by atoms with Crippen LogP contribution < -0.4 is 14.5 Å². The van der Waals surface area contributed by atoms with Crippen LogP contribution in [0.25, 0.3) is 0 Å². The lowest BCUT2D eigenvalue weighted by molar-refractivity contribution is -0.138. The summed E-state index contributed by atoms with van der Waals surface area (Å²) in [4.78, 5) is 46.0. The maximum Gasteiger partial charge on any atom is 0.416 e. The van der Waals surface area contributed by atoms with Gasteiger partial charge in [-0.2, -0.15) is 13.2 Å². The number of amides is 1. The molecule has 0 aliphatic carbocycles. The second-order valence-corrected chi connectivity index (χ2v) is 14.3. The van der Waals surface area contributed by atoms with E-state index < -0.39 is 17.5 Å². The first kappa shape index (κ1) is 38.9. The van der Waals surface area contributed by atoms with Crippen LogP contribution in [0.4, 0.5) is 24.7 Å². The average Bonchev–Trinajstić information content (AvgIpc) is 3.16. The number of hydrogen-bond acceptors (Lipinski definition) is 9. The van der Waals surface area contributed by atoms with Crippen molar-refractivity contribution >= 4 is 23.2 Å². The zero-order valence-corrected chi connectivity index (χ0v) is 31.4. The van der Waals surface area contributed by atoms with Crippen molar-refractivity contribution in [3.63, 3.8) is 0 Å². The molecule has 0 atom stereocenters. The van der Waals surface area contributed by atoms with Gasteiger partial charge in [0, 0.05) is 102 Å². The summed E-state index contributed by atoms with van der Waals surface area (Å²) in [5.74, 6) is 0.197. The molecule has 2 fully saturated rings. The molecule has 4 aromatic rings. The number of ether oxygens (including phenoxy) is 1. The second-order valence-electron chi connectivity index (χ2n) is 14.3. The van der Waals surface area contributed by atoms with E-state index in [4.69, 9.17) is 4.74 Å². The first-order valence-electron chi connectivity index (χ1n) is 18.3. The molecule has 3 heterocycles. The molecule has 3 aromatic carbocycles. The molecule has 0 spiro atoms. The van der Waals surface area contributed by atoms with Gasteiger partial charge in [0.15, 0.2) is 5.78 Å². The lowest BCUT2D eigenvalue weighted by Crippen LogP contribution is -2.44. The number of Topliss-reactive ketones (excluding diaryl/α,β-unsaturated/α-hetero) is 1. The number of aromatic nitrogens is 2. The number of ketones is 1. The number of likely N-dealkylation sites (N-methyl/N-ethyl adjacent to an activating group) is 3. The third kappa shape index (κ3) is 9.82. The molecule has 54 heavy (non-hydrogen) atoms. The van der Waals surface area contributed by atoms with E-state index in [0.717, 1.165) is 56.6 Å². The summed E-state index contributed by atoms with van der Waals surface area (Å²) in [5, 5.41) is 0. The summed E-state index contributed by atoms with van der Waals surface area (Å²) in [6.07, 6.45) is -2.76. The number of anilines is 2. The number of nitrogens with zero attached hydrogens (tertiary/aromatic N) is 7. The van der Waals surface area contributed by atoms with E-state index in [1.807, 2.05) is 11.9 Å². The molecular formula is C41H48F3N7O3. The van der Waals surface area contributed by atoms with Crippen LogP contribution in [0.2, 0.25) is 0 Å². The highest BCUT2D eigenvalue weighted by Gasteiger charge is 2.34. The third-order valence-corrected chi connectivity index (χ3v) is 10.4. The fourth-order valence-electron chi connectivity index (χ4n) is 6.94.